The molecule has 0 aliphatic carbocycles. The van der Waals surface area contributed by atoms with Crippen molar-refractivity contribution in [1.82, 2.24) is 14.5 Å². The third-order valence-electron chi connectivity index (χ3n) is 4.53. The van der Waals surface area contributed by atoms with E-state index in [1.165, 1.54) is 6.20 Å². The van der Waals surface area contributed by atoms with Gasteiger partial charge < -0.3 is 9.73 Å². The van der Waals surface area contributed by atoms with Gasteiger partial charge in [0.25, 0.3) is 5.91 Å². The summed E-state index contributed by atoms with van der Waals surface area (Å²) in [5.74, 6) is 1.35. The van der Waals surface area contributed by atoms with Crippen molar-refractivity contribution in [3.63, 3.8) is 0 Å². The number of fused-ring (bicyclic) bond motifs is 3. The van der Waals surface area contributed by atoms with Gasteiger partial charge >= 0.3 is 0 Å². The van der Waals surface area contributed by atoms with Crippen LogP contribution in [0.25, 0.3) is 22.2 Å². The normalized spacial score (nSPS) is 13.6. The summed E-state index contributed by atoms with van der Waals surface area (Å²) >= 11 is 0. The van der Waals surface area contributed by atoms with Crippen molar-refractivity contribution in [3.05, 3.63) is 72.3 Å². The van der Waals surface area contributed by atoms with Crippen LogP contribution in [-0.4, -0.2) is 27.0 Å². The largest absolute Gasteiger partial charge is 0.464 e. The Morgan fingerprint density at radius 1 is 1.22 bits per heavy atom. The molecular formula is C20H15N5O2. The zero-order valence-electron chi connectivity index (χ0n) is 14.3. The van der Waals surface area contributed by atoms with Gasteiger partial charge in [0.1, 0.15) is 11.6 Å². The van der Waals surface area contributed by atoms with Crippen LogP contribution in [0.3, 0.4) is 0 Å². The Balaban J connectivity index is 1.68. The fraction of sp³-hybridized carbons (Fsp3) is 0.100. The van der Waals surface area contributed by atoms with Crippen molar-refractivity contribution in [2.45, 2.75) is 6.54 Å². The highest BCUT2D eigenvalue weighted by molar-refractivity contribution is 5.95. The van der Waals surface area contributed by atoms with E-state index in [2.05, 4.69) is 20.3 Å². The Labute approximate surface area is 154 Å². The summed E-state index contributed by atoms with van der Waals surface area (Å²) in [4.78, 5) is 25.3. The van der Waals surface area contributed by atoms with Gasteiger partial charge in [-0.2, -0.15) is 4.99 Å². The van der Waals surface area contributed by atoms with Gasteiger partial charge in [-0.15, -0.1) is 0 Å². The number of aromatic nitrogens is 3. The molecule has 0 atom stereocenters. The lowest BCUT2D eigenvalue weighted by molar-refractivity contribution is 0.0996. The van der Waals surface area contributed by atoms with Crippen LogP contribution in [0.4, 0.5) is 5.82 Å². The number of hydrogen-bond acceptors (Lipinski definition) is 5. The van der Waals surface area contributed by atoms with E-state index >= 15 is 0 Å². The number of rotatable bonds is 2. The minimum absolute atomic E-state index is 0.358. The molecule has 0 spiro atoms. The van der Waals surface area contributed by atoms with Gasteiger partial charge in [0, 0.05) is 36.4 Å². The molecule has 5 rings (SSSR count). The van der Waals surface area contributed by atoms with Gasteiger partial charge in [-0.25, -0.2) is 4.98 Å². The summed E-state index contributed by atoms with van der Waals surface area (Å²) in [7, 11) is 0. The molecule has 0 radical (unpaired) electrons. The lowest BCUT2D eigenvalue weighted by Gasteiger charge is -2.09. The predicted octanol–water partition coefficient (Wildman–Crippen LogP) is 2.86. The van der Waals surface area contributed by atoms with E-state index in [0.29, 0.717) is 17.7 Å². The summed E-state index contributed by atoms with van der Waals surface area (Å²) in [6.07, 6.45) is 4.78. The number of carbonyl (C=O) groups is 1. The fourth-order valence-electron chi connectivity index (χ4n) is 3.25. The highest BCUT2D eigenvalue weighted by Gasteiger charge is 2.17. The average Bonchev–Trinajstić information content (AvgIpc) is 3.41. The summed E-state index contributed by atoms with van der Waals surface area (Å²) in [5, 5.41) is 4.34. The molecule has 1 aliphatic rings. The average molecular weight is 357 g/mol. The molecule has 7 nitrogen and oxygen atoms in total. The van der Waals surface area contributed by atoms with E-state index in [9.17, 15) is 4.79 Å². The van der Waals surface area contributed by atoms with Crippen LogP contribution in [0, 0.1) is 0 Å². The molecule has 1 N–H and O–H groups in total. The van der Waals surface area contributed by atoms with Gasteiger partial charge in [0.05, 0.1) is 17.3 Å². The first-order valence-electron chi connectivity index (χ1n) is 8.61. The van der Waals surface area contributed by atoms with Gasteiger partial charge in [0.2, 0.25) is 5.62 Å². The van der Waals surface area contributed by atoms with E-state index in [-0.39, 0.29) is 5.91 Å². The number of amides is 1. The Kier molecular flexibility index (Phi) is 3.57. The number of hydrogen-bond donors (Lipinski definition) is 1. The number of carbonyl (C=O) groups excluding carboxylic acids is 1. The molecule has 7 heteroatoms. The topological polar surface area (TPSA) is 85.3 Å². The Bertz CT molecular complexity index is 1210. The molecule has 0 unspecified atom stereocenters. The van der Waals surface area contributed by atoms with Gasteiger partial charge in [-0.1, -0.05) is 0 Å². The maximum atomic E-state index is 12.5. The van der Waals surface area contributed by atoms with E-state index in [0.717, 1.165) is 34.6 Å². The number of pyridine rings is 1. The third-order valence-corrected chi connectivity index (χ3v) is 4.53. The Hall–Kier alpha value is -3.74. The molecule has 4 aromatic rings. The van der Waals surface area contributed by atoms with Crippen LogP contribution < -0.4 is 10.9 Å². The van der Waals surface area contributed by atoms with Crippen LogP contribution >= 0.6 is 0 Å². The van der Waals surface area contributed by atoms with E-state index < -0.39 is 0 Å². The molecule has 3 aromatic heterocycles. The van der Waals surface area contributed by atoms with Crippen LogP contribution in [0.15, 0.2) is 70.5 Å². The number of benzene rings is 1. The molecule has 4 heterocycles. The number of nitrogens with zero attached hydrogens (tertiary/aromatic N) is 4. The van der Waals surface area contributed by atoms with Gasteiger partial charge in [-0.05, 0) is 42.5 Å². The maximum absolute atomic E-state index is 12.5. The fourth-order valence-corrected chi connectivity index (χ4v) is 3.25. The molecule has 1 aliphatic heterocycles. The lowest BCUT2D eigenvalue weighted by atomic mass is 10.1. The van der Waals surface area contributed by atoms with Crippen molar-refractivity contribution in [3.8, 4) is 11.3 Å². The van der Waals surface area contributed by atoms with Gasteiger partial charge in [0.15, 0.2) is 0 Å². The van der Waals surface area contributed by atoms with E-state index in [1.54, 1.807) is 24.6 Å². The standard InChI is InChI=1S/C20H15N5O2/c26-19(14-3-1-7-21-12-14)24-20-23-16-6-5-13(17-4-2-10-27-17)11-15(16)18-22-8-9-25(18)20/h1-7,10-12,22H,8-9H2. The van der Waals surface area contributed by atoms with Crippen LogP contribution in [0.2, 0.25) is 0 Å². The second kappa shape index (κ2) is 6.21. The van der Waals surface area contributed by atoms with Crippen LogP contribution in [-0.2, 0) is 6.54 Å². The van der Waals surface area contributed by atoms with E-state index in [4.69, 9.17) is 4.42 Å². The molecular weight excluding hydrogens is 342 g/mol. The zero-order valence-corrected chi connectivity index (χ0v) is 14.3. The molecule has 0 bridgehead atoms. The summed E-state index contributed by atoms with van der Waals surface area (Å²) in [5.41, 5.74) is 2.57. The first kappa shape index (κ1) is 15.5. The lowest BCUT2D eigenvalue weighted by Crippen LogP contribution is -2.24. The highest BCUT2D eigenvalue weighted by atomic mass is 16.3. The van der Waals surface area contributed by atoms with Crippen molar-refractivity contribution in [2.24, 2.45) is 4.99 Å². The molecule has 1 amide bonds. The van der Waals surface area contributed by atoms with Crippen molar-refractivity contribution in [1.29, 1.82) is 0 Å². The van der Waals surface area contributed by atoms with Gasteiger partial charge in [-0.3, -0.25) is 14.3 Å². The quantitative estimate of drug-likeness (QED) is 0.596. The number of nitrogens with one attached hydrogen (secondary N) is 1. The molecule has 1 aromatic carbocycles. The third kappa shape index (κ3) is 2.69. The highest BCUT2D eigenvalue weighted by Crippen LogP contribution is 2.28. The molecule has 132 valence electrons. The second-order valence-corrected chi connectivity index (χ2v) is 6.21. The molecule has 0 fully saturated rings. The zero-order chi connectivity index (χ0) is 18.2. The SMILES string of the molecule is O=C(N=c1nc2ccc(-c3ccco3)cc2c2n1CCN2)c1cccnc1. The molecule has 27 heavy (non-hydrogen) atoms. The monoisotopic (exact) mass is 357 g/mol. The van der Waals surface area contributed by atoms with E-state index in [1.807, 2.05) is 34.9 Å². The smallest absolute Gasteiger partial charge is 0.281 e. The van der Waals surface area contributed by atoms with Crippen molar-refractivity contribution >= 4 is 22.6 Å². The first-order chi connectivity index (χ1) is 13.3. The summed E-state index contributed by atoms with van der Waals surface area (Å²) in [6, 6.07) is 13.1. The Morgan fingerprint density at radius 3 is 3.00 bits per heavy atom. The second-order valence-electron chi connectivity index (χ2n) is 6.21. The number of furan rings is 1. The Morgan fingerprint density at radius 2 is 2.19 bits per heavy atom. The summed E-state index contributed by atoms with van der Waals surface area (Å²) in [6.45, 7) is 1.46. The van der Waals surface area contributed by atoms with Crippen molar-refractivity contribution in [2.75, 3.05) is 11.9 Å². The summed E-state index contributed by atoms with van der Waals surface area (Å²) < 4.78 is 7.43. The minimum atomic E-state index is -0.358. The number of anilines is 1. The molecule has 0 saturated carbocycles. The predicted molar refractivity (Wildman–Crippen MR) is 100 cm³/mol. The maximum Gasteiger partial charge on any atom is 0.281 e. The molecule has 0 saturated heterocycles. The van der Waals surface area contributed by atoms with Crippen LogP contribution in [0.5, 0.6) is 0 Å². The minimum Gasteiger partial charge on any atom is -0.464 e. The van der Waals surface area contributed by atoms with Crippen molar-refractivity contribution < 1.29 is 9.21 Å². The van der Waals surface area contributed by atoms with Crippen LogP contribution in [0.1, 0.15) is 10.4 Å². The first-order valence-corrected chi connectivity index (χ1v) is 8.61.